The summed E-state index contributed by atoms with van der Waals surface area (Å²) < 4.78 is 5.97. The molecule has 0 aliphatic carbocycles. The summed E-state index contributed by atoms with van der Waals surface area (Å²) in [6.07, 6.45) is 0. The van der Waals surface area contributed by atoms with Gasteiger partial charge in [-0.05, 0) is 44.9 Å². The zero-order valence-corrected chi connectivity index (χ0v) is 14.9. The van der Waals surface area contributed by atoms with Gasteiger partial charge in [0.1, 0.15) is 12.4 Å². The molecule has 0 N–H and O–H groups in total. The second kappa shape index (κ2) is 8.92. The number of nitrogens with zero attached hydrogens (tertiary/aromatic N) is 2. The molecule has 0 aromatic heterocycles. The van der Waals surface area contributed by atoms with Gasteiger partial charge in [0.15, 0.2) is 0 Å². The number of rotatable bonds is 8. The molecule has 2 rings (SSSR count). The third kappa shape index (κ3) is 6.22. The predicted molar refractivity (Wildman–Crippen MR) is 97.1 cm³/mol. The number of halogens is 1. The lowest BCUT2D eigenvalue weighted by molar-refractivity contribution is 0.229. The highest BCUT2D eigenvalue weighted by Crippen LogP contribution is 2.24. The normalized spacial score (nSPS) is 11.2. The number of likely N-dealkylation sites (N-methyl/N-ethyl adjacent to an activating group) is 1. The largest absolute Gasteiger partial charge is 0.492 e. The minimum atomic E-state index is 0.658. The Kier molecular flexibility index (Phi) is 6.90. The second-order valence-corrected chi connectivity index (χ2v) is 6.50. The zero-order valence-electron chi connectivity index (χ0n) is 14.1. The van der Waals surface area contributed by atoms with Gasteiger partial charge in [-0.15, -0.1) is 0 Å². The van der Waals surface area contributed by atoms with E-state index in [2.05, 4.69) is 41.1 Å². The van der Waals surface area contributed by atoms with Crippen molar-refractivity contribution in [2.24, 2.45) is 0 Å². The van der Waals surface area contributed by atoms with Crippen LogP contribution in [0.15, 0.2) is 48.5 Å². The van der Waals surface area contributed by atoms with Crippen molar-refractivity contribution in [2.45, 2.75) is 13.1 Å². The molecule has 0 aliphatic heterocycles. The van der Waals surface area contributed by atoms with Gasteiger partial charge in [0.25, 0.3) is 0 Å². The topological polar surface area (TPSA) is 15.7 Å². The molecule has 0 saturated carbocycles. The van der Waals surface area contributed by atoms with E-state index >= 15 is 0 Å². The number of ether oxygens (including phenoxy) is 1. The summed E-state index contributed by atoms with van der Waals surface area (Å²) in [5.41, 5.74) is 2.43. The van der Waals surface area contributed by atoms with Crippen LogP contribution in [0.2, 0.25) is 5.02 Å². The van der Waals surface area contributed by atoms with Crippen LogP contribution in [0.5, 0.6) is 5.75 Å². The summed E-state index contributed by atoms with van der Waals surface area (Å²) in [5.74, 6) is 0.913. The van der Waals surface area contributed by atoms with Crippen molar-refractivity contribution in [1.82, 2.24) is 9.80 Å². The Morgan fingerprint density at radius 3 is 2.39 bits per heavy atom. The molecule has 0 radical (unpaired) electrons. The molecule has 0 aliphatic rings. The minimum Gasteiger partial charge on any atom is -0.492 e. The summed E-state index contributed by atoms with van der Waals surface area (Å²) in [6, 6.07) is 16.3. The third-order valence-electron chi connectivity index (χ3n) is 3.53. The highest BCUT2D eigenvalue weighted by Gasteiger charge is 2.07. The van der Waals surface area contributed by atoms with Crippen molar-refractivity contribution >= 4 is 11.6 Å². The summed E-state index contributed by atoms with van der Waals surface area (Å²) in [6.45, 7) is 3.27. The smallest absolute Gasteiger partial charge is 0.123 e. The van der Waals surface area contributed by atoms with Crippen LogP contribution in [0.1, 0.15) is 11.1 Å². The number of benzene rings is 2. The van der Waals surface area contributed by atoms with Crippen LogP contribution in [0.4, 0.5) is 0 Å². The van der Waals surface area contributed by atoms with E-state index < -0.39 is 0 Å². The molecule has 0 fully saturated rings. The first kappa shape index (κ1) is 17.8. The van der Waals surface area contributed by atoms with Crippen LogP contribution in [0.3, 0.4) is 0 Å². The summed E-state index contributed by atoms with van der Waals surface area (Å²) in [4.78, 5) is 4.37. The lowest BCUT2D eigenvalue weighted by Crippen LogP contribution is -2.24. The molecule has 0 atom stereocenters. The van der Waals surface area contributed by atoms with E-state index in [1.165, 1.54) is 5.56 Å². The molecule has 0 spiro atoms. The Morgan fingerprint density at radius 1 is 0.957 bits per heavy atom. The van der Waals surface area contributed by atoms with Crippen LogP contribution in [0.25, 0.3) is 0 Å². The van der Waals surface area contributed by atoms with Crippen molar-refractivity contribution in [1.29, 1.82) is 0 Å². The molecule has 4 heteroatoms. The maximum atomic E-state index is 6.09. The van der Waals surface area contributed by atoms with Gasteiger partial charge in [0.05, 0.1) is 0 Å². The first-order valence-corrected chi connectivity index (χ1v) is 8.21. The lowest BCUT2D eigenvalue weighted by atomic mass is 10.2. The van der Waals surface area contributed by atoms with Crippen LogP contribution in [-0.2, 0) is 13.1 Å². The van der Waals surface area contributed by atoms with Gasteiger partial charge >= 0.3 is 0 Å². The molecule has 0 saturated heterocycles. The highest BCUT2D eigenvalue weighted by atomic mass is 35.5. The number of hydrogen-bond donors (Lipinski definition) is 0. The quantitative estimate of drug-likeness (QED) is 0.729. The molecular weight excluding hydrogens is 308 g/mol. The van der Waals surface area contributed by atoms with E-state index in [9.17, 15) is 0 Å². The van der Waals surface area contributed by atoms with Crippen molar-refractivity contribution in [3.8, 4) is 5.75 Å². The van der Waals surface area contributed by atoms with E-state index in [0.29, 0.717) is 6.61 Å². The fraction of sp³-hybridized carbons (Fsp3) is 0.368. The second-order valence-electron chi connectivity index (χ2n) is 6.06. The molecule has 124 valence electrons. The molecule has 2 aromatic carbocycles. The van der Waals surface area contributed by atoms with E-state index in [1.807, 2.05) is 38.4 Å². The van der Waals surface area contributed by atoms with Crippen molar-refractivity contribution in [3.05, 3.63) is 64.7 Å². The Hall–Kier alpha value is -1.55. The fourth-order valence-corrected chi connectivity index (χ4v) is 2.63. The average molecular weight is 333 g/mol. The number of hydrogen-bond acceptors (Lipinski definition) is 3. The van der Waals surface area contributed by atoms with E-state index in [1.54, 1.807) is 0 Å². The zero-order chi connectivity index (χ0) is 16.7. The molecule has 0 unspecified atom stereocenters. The first-order chi connectivity index (χ1) is 11.0. The van der Waals surface area contributed by atoms with Crippen LogP contribution < -0.4 is 4.74 Å². The average Bonchev–Trinajstić information content (AvgIpc) is 2.50. The monoisotopic (exact) mass is 332 g/mol. The fourth-order valence-electron chi connectivity index (χ4n) is 2.44. The molecular formula is C19H25ClN2O. The Morgan fingerprint density at radius 2 is 1.70 bits per heavy atom. The Labute approximate surface area is 144 Å². The third-order valence-corrected chi connectivity index (χ3v) is 3.77. The van der Waals surface area contributed by atoms with Gasteiger partial charge in [0, 0.05) is 30.2 Å². The SMILES string of the molecule is CN(C)Cc1cc(Cl)ccc1OCCN(C)Cc1ccccc1. The molecule has 0 heterocycles. The lowest BCUT2D eigenvalue weighted by Gasteiger charge is -2.19. The highest BCUT2D eigenvalue weighted by molar-refractivity contribution is 6.30. The van der Waals surface area contributed by atoms with Gasteiger partial charge < -0.3 is 9.64 Å². The molecule has 23 heavy (non-hydrogen) atoms. The van der Waals surface area contributed by atoms with E-state index in [0.717, 1.165) is 36.0 Å². The van der Waals surface area contributed by atoms with Crippen LogP contribution in [0, 0.1) is 0 Å². The van der Waals surface area contributed by atoms with Crippen LogP contribution in [-0.4, -0.2) is 44.1 Å². The van der Waals surface area contributed by atoms with Gasteiger partial charge in [0.2, 0.25) is 0 Å². The summed E-state index contributed by atoms with van der Waals surface area (Å²) in [5, 5.41) is 0.746. The first-order valence-electron chi connectivity index (χ1n) is 7.83. The van der Waals surface area contributed by atoms with E-state index in [-0.39, 0.29) is 0 Å². The van der Waals surface area contributed by atoms with Crippen molar-refractivity contribution < 1.29 is 4.74 Å². The Bertz CT molecular complexity index is 602. The Balaban J connectivity index is 1.86. The van der Waals surface area contributed by atoms with Gasteiger partial charge in [-0.1, -0.05) is 41.9 Å². The predicted octanol–water partition coefficient (Wildman–Crippen LogP) is 3.91. The van der Waals surface area contributed by atoms with Crippen molar-refractivity contribution in [2.75, 3.05) is 34.3 Å². The van der Waals surface area contributed by atoms with E-state index in [4.69, 9.17) is 16.3 Å². The van der Waals surface area contributed by atoms with Gasteiger partial charge in [-0.2, -0.15) is 0 Å². The maximum Gasteiger partial charge on any atom is 0.123 e. The van der Waals surface area contributed by atoms with Crippen LogP contribution >= 0.6 is 11.6 Å². The van der Waals surface area contributed by atoms with Gasteiger partial charge in [-0.3, -0.25) is 4.90 Å². The minimum absolute atomic E-state index is 0.658. The summed E-state index contributed by atoms with van der Waals surface area (Å²) in [7, 11) is 6.19. The molecule has 3 nitrogen and oxygen atoms in total. The van der Waals surface area contributed by atoms with Gasteiger partial charge in [-0.25, -0.2) is 0 Å². The molecule has 0 amide bonds. The standard InChI is InChI=1S/C19H25ClN2O/c1-21(2)15-17-13-18(20)9-10-19(17)23-12-11-22(3)14-16-7-5-4-6-8-16/h4-10,13H,11-12,14-15H2,1-3H3. The van der Waals surface area contributed by atoms with Crippen molar-refractivity contribution in [3.63, 3.8) is 0 Å². The maximum absolute atomic E-state index is 6.09. The molecule has 0 bridgehead atoms. The molecule has 2 aromatic rings. The summed E-state index contributed by atoms with van der Waals surface area (Å²) >= 11 is 6.09.